The Balaban J connectivity index is 1.86. The van der Waals surface area contributed by atoms with Crippen molar-refractivity contribution in [3.63, 3.8) is 0 Å². The molecule has 0 saturated carbocycles. The molecular weight excluding hydrogens is 364 g/mol. The third-order valence-corrected chi connectivity index (χ3v) is 4.30. The molecule has 1 atom stereocenters. The van der Waals surface area contributed by atoms with Crippen molar-refractivity contribution in [2.75, 3.05) is 26.7 Å². The molecule has 0 saturated heterocycles. The number of hydrogen-bond donors (Lipinski definition) is 3. The molecule has 29 heavy (non-hydrogen) atoms. The maximum absolute atomic E-state index is 11.8. The van der Waals surface area contributed by atoms with Crippen LogP contribution in [0.2, 0.25) is 0 Å². The summed E-state index contributed by atoms with van der Waals surface area (Å²) in [6.07, 6.45) is 0.765. The number of rotatable bonds is 9. The van der Waals surface area contributed by atoms with Gasteiger partial charge in [-0.25, -0.2) is 4.99 Å². The van der Waals surface area contributed by atoms with E-state index in [0.717, 1.165) is 36.8 Å². The van der Waals surface area contributed by atoms with E-state index in [0.29, 0.717) is 12.1 Å². The number of guanidine groups is 1. The molecule has 0 radical (unpaired) electrons. The summed E-state index contributed by atoms with van der Waals surface area (Å²) in [7, 11) is 1.64. The molecule has 2 aromatic rings. The molecule has 0 fully saturated rings. The lowest BCUT2D eigenvalue weighted by atomic mass is 10.1. The zero-order chi connectivity index (χ0) is 21.1. The molecule has 1 amide bonds. The molecule has 0 aromatic heterocycles. The molecule has 0 aliphatic heterocycles. The van der Waals surface area contributed by atoms with Gasteiger partial charge in [-0.05, 0) is 62.6 Å². The molecule has 2 aromatic carbocycles. The van der Waals surface area contributed by atoms with Crippen LogP contribution in [0.1, 0.15) is 35.3 Å². The van der Waals surface area contributed by atoms with E-state index in [1.165, 1.54) is 5.56 Å². The minimum atomic E-state index is -0.0719. The summed E-state index contributed by atoms with van der Waals surface area (Å²) in [4.78, 5) is 16.4. The predicted molar refractivity (Wildman–Crippen MR) is 119 cm³/mol. The van der Waals surface area contributed by atoms with Crippen LogP contribution >= 0.6 is 0 Å². The number of carbonyl (C=O) groups excluding carboxylic acids is 1. The first-order valence-corrected chi connectivity index (χ1v) is 10.1. The van der Waals surface area contributed by atoms with Gasteiger partial charge in [0, 0.05) is 25.7 Å². The number of nitrogens with one attached hydrogen (secondary N) is 3. The van der Waals surface area contributed by atoms with Gasteiger partial charge in [-0.1, -0.05) is 24.3 Å². The Bertz CT molecular complexity index is 820. The molecule has 1 unspecified atom stereocenters. The molecule has 0 bridgehead atoms. The summed E-state index contributed by atoms with van der Waals surface area (Å²) in [5, 5.41) is 9.25. The quantitative estimate of drug-likeness (QED) is 0.450. The van der Waals surface area contributed by atoms with Gasteiger partial charge in [0.15, 0.2) is 5.96 Å². The van der Waals surface area contributed by atoms with Crippen LogP contribution in [0.5, 0.6) is 5.75 Å². The topological polar surface area (TPSA) is 74.8 Å². The third-order valence-electron chi connectivity index (χ3n) is 4.30. The maximum Gasteiger partial charge on any atom is 0.251 e. The van der Waals surface area contributed by atoms with Crippen LogP contribution < -0.4 is 20.7 Å². The fourth-order valence-electron chi connectivity index (χ4n) is 2.86. The molecule has 0 aliphatic rings. The number of nitrogens with zero attached hydrogens (tertiary/aromatic N) is 1. The van der Waals surface area contributed by atoms with Crippen LogP contribution in [0, 0.1) is 6.92 Å². The van der Waals surface area contributed by atoms with Gasteiger partial charge in [0.05, 0.1) is 6.54 Å². The van der Waals surface area contributed by atoms with Gasteiger partial charge in [-0.3, -0.25) is 4.79 Å². The summed E-state index contributed by atoms with van der Waals surface area (Å²) in [6, 6.07) is 15.7. The first-order chi connectivity index (χ1) is 14.0. The van der Waals surface area contributed by atoms with Crippen molar-refractivity contribution in [3.8, 4) is 5.75 Å². The third kappa shape index (κ3) is 7.86. The van der Waals surface area contributed by atoms with E-state index in [1.807, 2.05) is 69.3 Å². The van der Waals surface area contributed by atoms with Crippen LogP contribution in [0.15, 0.2) is 53.5 Å². The zero-order valence-corrected chi connectivity index (χ0v) is 17.8. The van der Waals surface area contributed by atoms with Crippen LogP contribution in [-0.4, -0.2) is 44.7 Å². The monoisotopic (exact) mass is 396 g/mol. The second-order valence-electron chi connectivity index (χ2n) is 6.92. The first-order valence-electron chi connectivity index (χ1n) is 10.1. The number of ether oxygens (including phenoxy) is 1. The van der Waals surface area contributed by atoms with Crippen LogP contribution in [0.3, 0.4) is 0 Å². The van der Waals surface area contributed by atoms with Gasteiger partial charge in [0.1, 0.15) is 11.9 Å². The average molecular weight is 397 g/mol. The Labute approximate surface area is 173 Å². The van der Waals surface area contributed by atoms with Gasteiger partial charge in [0.25, 0.3) is 5.91 Å². The van der Waals surface area contributed by atoms with E-state index < -0.39 is 0 Å². The normalized spacial score (nSPS) is 12.2. The highest BCUT2D eigenvalue weighted by Gasteiger charge is 2.06. The lowest BCUT2D eigenvalue weighted by Crippen LogP contribution is -2.39. The van der Waals surface area contributed by atoms with Crippen molar-refractivity contribution in [1.29, 1.82) is 0 Å². The minimum Gasteiger partial charge on any atom is -0.489 e. The highest BCUT2D eigenvalue weighted by atomic mass is 16.5. The average Bonchev–Trinajstić information content (AvgIpc) is 2.71. The van der Waals surface area contributed by atoms with E-state index in [-0.39, 0.29) is 12.0 Å². The summed E-state index contributed by atoms with van der Waals surface area (Å²) in [5.41, 5.74) is 2.95. The Morgan fingerprint density at radius 3 is 2.66 bits per heavy atom. The predicted octanol–water partition coefficient (Wildman–Crippen LogP) is 2.92. The number of carbonyl (C=O) groups is 1. The molecule has 3 N–H and O–H groups in total. The lowest BCUT2D eigenvalue weighted by Gasteiger charge is -2.15. The fourth-order valence-corrected chi connectivity index (χ4v) is 2.86. The van der Waals surface area contributed by atoms with E-state index in [4.69, 9.17) is 4.74 Å². The van der Waals surface area contributed by atoms with Crippen LogP contribution in [0.25, 0.3) is 0 Å². The van der Waals surface area contributed by atoms with E-state index >= 15 is 0 Å². The highest BCUT2D eigenvalue weighted by Crippen LogP contribution is 2.14. The Morgan fingerprint density at radius 1 is 1.14 bits per heavy atom. The summed E-state index contributed by atoms with van der Waals surface area (Å²) >= 11 is 0. The SMILES string of the molecule is CCNC(=NCC(C)Oc1cccc(C)c1)NCCc1cccc(C(=O)NC)c1. The standard InChI is InChI=1S/C23H32N4O2/c1-5-25-23(27-16-18(3)29-21-11-6-8-17(2)14-21)26-13-12-19-9-7-10-20(15-19)22(28)24-4/h6-11,14-15,18H,5,12-13,16H2,1-4H3,(H,24,28)(H2,25,26,27). The van der Waals surface area contributed by atoms with Gasteiger partial charge in [-0.15, -0.1) is 0 Å². The fraction of sp³-hybridized carbons (Fsp3) is 0.391. The minimum absolute atomic E-state index is 0.0310. The van der Waals surface area contributed by atoms with E-state index in [2.05, 4.69) is 20.9 Å². The van der Waals surface area contributed by atoms with Crippen molar-refractivity contribution >= 4 is 11.9 Å². The van der Waals surface area contributed by atoms with Crippen molar-refractivity contribution in [1.82, 2.24) is 16.0 Å². The van der Waals surface area contributed by atoms with Crippen molar-refractivity contribution in [2.45, 2.75) is 33.3 Å². The van der Waals surface area contributed by atoms with Crippen LogP contribution in [-0.2, 0) is 6.42 Å². The maximum atomic E-state index is 11.8. The Kier molecular flexibility index (Phi) is 9.02. The molecule has 0 heterocycles. The number of aryl methyl sites for hydroxylation is 1. The number of benzene rings is 2. The first kappa shape index (κ1) is 22.3. The summed E-state index contributed by atoms with van der Waals surface area (Å²) in [5.74, 6) is 1.55. The van der Waals surface area contributed by atoms with Gasteiger partial charge < -0.3 is 20.7 Å². The smallest absolute Gasteiger partial charge is 0.251 e. The molecule has 6 heteroatoms. The Hall–Kier alpha value is -3.02. The van der Waals surface area contributed by atoms with Gasteiger partial charge in [-0.2, -0.15) is 0 Å². The molecule has 6 nitrogen and oxygen atoms in total. The molecule has 156 valence electrons. The van der Waals surface area contributed by atoms with Crippen molar-refractivity contribution in [3.05, 3.63) is 65.2 Å². The highest BCUT2D eigenvalue weighted by molar-refractivity contribution is 5.94. The second-order valence-corrected chi connectivity index (χ2v) is 6.92. The molecule has 2 rings (SSSR count). The Morgan fingerprint density at radius 2 is 1.93 bits per heavy atom. The van der Waals surface area contributed by atoms with Gasteiger partial charge in [0.2, 0.25) is 0 Å². The van der Waals surface area contributed by atoms with E-state index in [1.54, 1.807) is 7.05 Å². The van der Waals surface area contributed by atoms with Crippen molar-refractivity contribution in [2.24, 2.45) is 4.99 Å². The molecular formula is C23H32N4O2. The molecule has 0 spiro atoms. The largest absolute Gasteiger partial charge is 0.489 e. The van der Waals surface area contributed by atoms with Crippen LogP contribution in [0.4, 0.5) is 0 Å². The number of hydrogen-bond acceptors (Lipinski definition) is 3. The second kappa shape index (κ2) is 11.7. The van der Waals surface area contributed by atoms with E-state index in [9.17, 15) is 4.79 Å². The summed E-state index contributed by atoms with van der Waals surface area (Å²) < 4.78 is 5.94. The number of aliphatic imine (C=N–C) groups is 1. The van der Waals surface area contributed by atoms with Gasteiger partial charge >= 0.3 is 0 Å². The zero-order valence-electron chi connectivity index (χ0n) is 17.8. The molecule has 0 aliphatic carbocycles. The lowest BCUT2D eigenvalue weighted by molar-refractivity contribution is 0.0963. The number of amides is 1. The summed E-state index contributed by atoms with van der Waals surface area (Å²) in [6.45, 7) is 8.15. The van der Waals surface area contributed by atoms with Crippen molar-refractivity contribution < 1.29 is 9.53 Å².